The van der Waals surface area contributed by atoms with Gasteiger partial charge in [-0.25, -0.2) is 4.98 Å². The van der Waals surface area contributed by atoms with E-state index in [0.29, 0.717) is 24.2 Å². The molecule has 1 amide bonds. The second kappa shape index (κ2) is 7.36. The van der Waals surface area contributed by atoms with Crippen LogP contribution in [0.25, 0.3) is 22.3 Å². The molecule has 0 fully saturated rings. The van der Waals surface area contributed by atoms with Gasteiger partial charge in [0.25, 0.3) is 5.91 Å². The number of aromatic nitrogens is 3. The number of hydrogen-bond acceptors (Lipinski definition) is 4. The molecule has 2 heterocycles. The van der Waals surface area contributed by atoms with E-state index in [1.807, 2.05) is 0 Å². The van der Waals surface area contributed by atoms with Crippen LogP contribution in [0.3, 0.4) is 0 Å². The summed E-state index contributed by atoms with van der Waals surface area (Å²) in [6, 6.07) is 6.31. The zero-order valence-corrected chi connectivity index (χ0v) is 14.7. The van der Waals surface area contributed by atoms with Crippen molar-refractivity contribution in [2.45, 2.75) is 6.18 Å². The normalized spacial score (nSPS) is 11.7. The van der Waals surface area contributed by atoms with E-state index in [-0.39, 0.29) is 22.7 Å². The predicted octanol–water partition coefficient (Wildman–Crippen LogP) is 3.03. The number of hydrogen-bond donors (Lipinski definition) is 1. The molecular weight excluding hydrogens is 361 g/mol. The summed E-state index contributed by atoms with van der Waals surface area (Å²) in [6.45, 7) is 0.645. The molecule has 3 aromatic rings. The highest BCUT2D eigenvalue weighted by Crippen LogP contribution is 2.32. The Kier molecular flexibility index (Phi) is 5.13. The minimum Gasteiger partial charge on any atom is -0.383 e. The van der Waals surface area contributed by atoms with Gasteiger partial charge in [0.05, 0.1) is 35.0 Å². The second-order valence-electron chi connectivity index (χ2n) is 5.89. The van der Waals surface area contributed by atoms with E-state index in [2.05, 4.69) is 15.4 Å². The Labute approximate surface area is 153 Å². The van der Waals surface area contributed by atoms with Crippen LogP contribution < -0.4 is 5.32 Å². The van der Waals surface area contributed by atoms with Crippen molar-refractivity contribution >= 4 is 16.9 Å². The lowest BCUT2D eigenvalue weighted by molar-refractivity contribution is -0.137. The molecule has 0 saturated heterocycles. The molecule has 0 unspecified atom stereocenters. The maximum absolute atomic E-state index is 13.0. The Morgan fingerprint density at radius 2 is 2.07 bits per heavy atom. The number of carbonyl (C=O) groups excluding carboxylic acids is 1. The first kappa shape index (κ1) is 18.8. The number of rotatable bonds is 5. The van der Waals surface area contributed by atoms with Gasteiger partial charge in [0.15, 0.2) is 5.65 Å². The molecule has 6 nitrogen and oxygen atoms in total. The van der Waals surface area contributed by atoms with E-state index in [4.69, 9.17) is 4.74 Å². The quantitative estimate of drug-likeness (QED) is 0.693. The Morgan fingerprint density at radius 3 is 2.78 bits per heavy atom. The topological polar surface area (TPSA) is 69.0 Å². The first-order chi connectivity index (χ1) is 12.8. The van der Waals surface area contributed by atoms with Crippen molar-refractivity contribution in [1.29, 1.82) is 0 Å². The maximum atomic E-state index is 13.0. The lowest BCUT2D eigenvalue weighted by atomic mass is 10.0. The molecule has 0 aliphatic rings. The van der Waals surface area contributed by atoms with E-state index in [1.54, 1.807) is 7.05 Å². The van der Waals surface area contributed by atoms with Gasteiger partial charge >= 0.3 is 6.18 Å². The van der Waals surface area contributed by atoms with Gasteiger partial charge in [0.1, 0.15) is 0 Å². The third kappa shape index (κ3) is 3.92. The lowest BCUT2D eigenvalue weighted by Crippen LogP contribution is -2.27. The van der Waals surface area contributed by atoms with Crippen LogP contribution in [0.15, 0.2) is 36.5 Å². The van der Waals surface area contributed by atoms with Gasteiger partial charge in [-0.1, -0.05) is 12.1 Å². The van der Waals surface area contributed by atoms with E-state index in [9.17, 15) is 18.0 Å². The van der Waals surface area contributed by atoms with Crippen molar-refractivity contribution in [3.8, 4) is 11.3 Å². The van der Waals surface area contributed by atoms with Gasteiger partial charge in [-0.05, 0) is 18.2 Å². The molecular formula is C18H17F3N4O2. The fourth-order valence-electron chi connectivity index (χ4n) is 2.67. The second-order valence-corrected chi connectivity index (χ2v) is 5.89. The van der Waals surface area contributed by atoms with E-state index >= 15 is 0 Å². The van der Waals surface area contributed by atoms with Crippen molar-refractivity contribution in [2.75, 3.05) is 20.3 Å². The number of nitrogens with zero attached hydrogens (tertiary/aromatic N) is 3. The highest BCUT2D eigenvalue weighted by molar-refractivity contribution is 6.06. The number of nitrogens with one attached hydrogen (secondary N) is 1. The van der Waals surface area contributed by atoms with Gasteiger partial charge in [0.2, 0.25) is 0 Å². The average molecular weight is 378 g/mol. The highest BCUT2D eigenvalue weighted by Gasteiger charge is 2.30. The van der Waals surface area contributed by atoms with Crippen LogP contribution in [0.4, 0.5) is 13.2 Å². The molecule has 9 heteroatoms. The number of ether oxygens (including phenoxy) is 1. The summed E-state index contributed by atoms with van der Waals surface area (Å²) >= 11 is 0. The zero-order chi connectivity index (χ0) is 19.6. The molecule has 0 aliphatic carbocycles. The number of benzene rings is 1. The van der Waals surface area contributed by atoms with Crippen LogP contribution in [0, 0.1) is 0 Å². The van der Waals surface area contributed by atoms with E-state index < -0.39 is 11.7 Å². The number of aryl methyl sites for hydroxylation is 1. The van der Waals surface area contributed by atoms with Crippen molar-refractivity contribution in [3.63, 3.8) is 0 Å². The number of alkyl halides is 3. The Balaban J connectivity index is 2.09. The summed E-state index contributed by atoms with van der Waals surface area (Å²) in [7, 11) is 3.17. The minimum absolute atomic E-state index is 0.258. The molecule has 0 spiro atoms. The SMILES string of the molecule is COCCNC(=O)c1cc(-c2cccc(C(F)(F)F)c2)nc2c1cnn2C. The molecule has 1 aromatic carbocycles. The molecule has 27 heavy (non-hydrogen) atoms. The first-order valence-electron chi connectivity index (χ1n) is 8.09. The Bertz CT molecular complexity index is 982. The van der Waals surface area contributed by atoms with Gasteiger partial charge in [0, 0.05) is 26.3 Å². The molecule has 0 aliphatic heterocycles. The molecule has 142 valence electrons. The average Bonchev–Trinajstić information content (AvgIpc) is 3.01. The smallest absolute Gasteiger partial charge is 0.383 e. The largest absolute Gasteiger partial charge is 0.416 e. The molecule has 2 aromatic heterocycles. The summed E-state index contributed by atoms with van der Waals surface area (Å²) < 4.78 is 45.4. The monoisotopic (exact) mass is 378 g/mol. The molecule has 1 N–H and O–H groups in total. The number of pyridine rings is 1. The summed E-state index contributed by atoms with van der Waals surface area (Å²) in [5.74, 6) is -0.374. The number of carbonyl (C=O) groups is 1. The van der Waals surface area contributed by atoms with Crippen LogP contribution in [-0.4, -0.2) is 40.9 Å². The number of methoxy groups -OCH3 is 1. The maximum Gasteiger partial charge on any atom is 0.416 e. The van der Waals surface area contributed by atoms with Crippen molar-refractivity contribution in [2.24, 2.45) is 7.05 Å². The third-order valence-corrected chi connectivity index (χ3v) is 4.03. The third-order valence-electron chi connectivity index (χ3n) is 4.03. The van der Waals surface area contributed by atoms with Crippen LogP contribution in [0.5, 0.6) is 0 Å². The summed E-state index contributed by atoms with van der Waals surface area (Å²) in [6.07, 6.45) is -2.96. The number of amides is 1. The van der Waals surface area contributed by atoms with Crippen LogP contribution in [0.2, 0.25) is 0 Å². The lowest BCUT2D eigenvalue weighted by Gasteiger charge is -2.11. The van der Waals surface area contributed by atoms with Gasteiger partial charge in [-0.15, -0.1) is 0 Å². The fourth-order valence-corrected chi connectivity index (χ4v) is 2.67. The molecule has 0 saturated carbocycles. The van der Waals surface area contributed by atoms with Crippen LogP contribution in [0.1, 0.15) is 15.9 Å². The van der Waals surface area contributed by atoms with Gasteiger partial charge in [-0.2, -0.15) is 18.3 Å². The van der Waals surface area contributed by atoms with Crippen LogP contribution >= 0.6 is 0 Å². The van der Waals surface area contributed by atoms with E-state index in [1.165, 1.54) is 36.2 Å². The fraction of sp³-hybridized carbons (Fsp3) is 0.278. The number of halogens is 3. The Morgan fingerprint density at radius 1 is 1.30 bits per heavy atom. The van der Waals surface area contributed by atoms with Crippen molar-refractivity contribution in [1.82, 2.24) is 20.1 Å². The molecule has 0 radical (unpaired) electrons. The standard InChI is InChI=1S/C18H17F3N4O2/c1-25-16-14(10-23-25)13(17(26)22-6-7-27-2)9-15(24-16)11-4-3-5-12(8-11)18(19,20)21/h3-5,8-10H,6-7H2,1-2H3,(H,22,26). The summed E-state index contributed by atoms with van der Waals surface area (Å²) in [5.41, 5.74) is 0.435. The van der Waals surface area contributed by atoms with E-state index in [0.717, 1.165) is 12.1 Å². The number of fused-ring (bicyclic) bond motifs is 1. The summed E-state index contributed by atoms with van der Waals surface area (Å²) in [4.78, 5) is 16.9. The van der Waals surface area contributed by atoms with Crippen molar-refractivity contribution in [3.05, 3.63) is 47.7 Å². The molecule has 3 rings (SSSR count). The highest BCUT2D eigenvalue weighted by atomic mass is 19.4. The predicted molar refractivity (Wildman–Crippen MR) is 93.2 cm³/mol. The Hall–Kier alpha value is -2.94. The van der Waals surface area contributed by atoms with Crippen molar-refractivity contribution < 1.29 is 22.7 Å². The van der Waals surface area contributed by atoms with Gasteiger partial charge < -0.3 is 10.1 Å². The van der Waals surface area contributed by atoms with Crippen LogP contribution in [-0.2, 0) is 18.0 Å². The molecule has 0 atom stereocenters. The first-order valence-corrected chi connectivity index (χ1v) is 8.09. The molecule has 0 bridgehead atoms. The minimum atomic E-state index is -4.47. The van der Waals surface area contributed by atoms with Gasteiger partial charge in [-0.3, -0.25) is 9.48 Å². The zero-order valence-electron chi connectivity index (χ0n) is 14.7. The summed E-state index contributed by atoms with van der Waals surface area (Å²) in [5, 5.41) is 7.32.